The number of hydrogen-bond acceptors (Lipinski definition) is 2. The molecule has 0 heterocycles. The van der Waals surface area contributed by atoms with Crippen molar-refractivity contribution in [3.05, 3.63) is 29.8 Å². The third kappa shape index (κ3) is 4.25. The van der Waals surface area contributed by atoms with Crippen LogP contribution in [0.3, 0.4) is 0 Å². The van der Waals surface area contributed by atoms with Gasteiger partial charge in [-0.1, -0.05) is 0 Å². The van der Waals surface area contributed by atoms with Gasteiger partial charge in [-0.05, 0) is 25.0 Å². The average Bonchev–Trinajstić information content (AvgIpc) is 2.20. The van der Waals surface area contributed by atoms with Crippen molar-refractivity contribution >= 4 is 5.97 Å². The lowest BCUT2D eigenvalue weighted by atomic mass is 10.2. The van der Waals surface area contributed by atoms with Crippen LogP contribution in [-0.4, -0.2) is 17.7 Å². The van der Waals surface area contributed by atoms with E-state index >= 15 is 0 Å². The molecular weight excluding hydrogens is 218 g/mol. The quantitative estimate of drug-likeness (QED) is 0.764. The van der Waals surface area contributed by atoms with Gasteiger partial charge in [0.05, 0.1) is 6.61 Å². The minimum atomic E-state index is -0.868. The summed E-state index contributed by atoms with van der Waals surface area (Å²) in [5.74, 6) is -2.29. The number of halogens is 2. The van der Waals surface area contributed by atoms with Crippen molar-refractivity contribution in [2.24, 2.45) is 0 Å². The fourth-order valence-electron chi connectivity index (χ4n) is 1.15. The van der Waals surface area contributed by atoms with Crippen LogP contribution in [0, 0.1) is 11.6 Å². The van der Waals surface area contributed by atoms with Crippen LogP contribution in [0.1, 0.15) is 19.3 Å². The Hall–Kier alpha value is -1.65. The molecule has 0 amide bonds. The van der Waals surface area contributed by atoms with Crippen molar-refractivity contribution in [2.75, 3.05) is 6.61 Å². The van der Waals surface area contributed by atoms with Gasteiger partial charge in [0.1, 0.15) is 5.82 Å². The molecule has 3 nitrogen and oxygen atoms in total. The van der Waals surface area contributed by atoms with Crippen molar-refractivity contribution in [3.63, 3.8) is 0 Å². The van der Waals surface area contributed by atoms with Crippen molar-refractivity contribution in [1.82, 2.24) is 0 Å². The number of aliphatic carboxylic acids is 1. The largest absolute Gasteiger partial charge is 0.491 e. The highest BCUT2D eigenvalue weighted by atomic mass is 19.1. The molecule has 0 spiro atoms. The summed E-state index contributed by atoms with van der Waals surface area (Å²) in [6.07, 6.45) is 1.05. The van der Waals surface area contributed by atoms with E-state index in [0.717, 1.165) is 12.1 Å². The van der Waals surface area contributed by atoms with E-state index in [1.165, 1.54) is 6.07 Å². The van der Waals surface area contributed by atoms with Crippen LogP contribution in [0.15, 0.2) is 18.2 Å². The number of hydrogen-bond donors (Lipinski definition) is 1. The molecule has 88 valence electrons. The van der Waals surface area contributed by atoms with Crippen LogP contribution < -0.4 is 4.74 Å². The molecule has 0 radical (unpaired) electrons. The lowest BCUT2D eigenvalue weighted by molar-refractivity contribution is -0.137. The zero-order valence-electron chi connectivity index (χ0n) is 8.58. The minimum Gasteiger partial charge on any atom is -0.491 e. The van der Waals surface area contributed by atoms with Gasteiger partial charge in [0, 0.05) is 12.5 Å². The maximum atomic E-state index is 13.0. The maximum absolute atomic E-state index is 13.0. The summed E-state index contributed by atoms with van der Waals surface area (Å²) in [4.78, 5) is 10.2. The Morgan fingerprint density at radius 1 is 1.31 bits per heavy atom. The zero-order chi connectivity index (χ0) is 12.0. The smallest absolute Gasteiger partial charge is 0.303 e. The predicted molar refractivity (Wildman–Crippen MR) is 53.3 cm³/mol. The van der Waals surface area contributed by atoms with Gasteiger partial charge in [0.2, 0.25) is 0 Å². The first-order valence-corrected chi connectivity index (χ1v) is 4.89. The van der Waals surface area contributed by atoms with Gasteiger partial charge in [-0.25, -0.2) is 8.78 Å². The standard InChI is InChI=1S/C11H12F2O3/c12-8-4-5-10(9(13)7-8)16-6-2-1-3-11(14)15/h4-5,7H,1-3,6H2,(H,14,15). The van der Waals surface area contributed by atoms with Crippen LogP contribution >= 0.6 is 0 Å². The van der Waals surface area contributed by atoms with Gasteiger partial charge in [-0.2, -0.15) is 0 Å². The highest BCUT2D eigenvalue weighted by Crippen LogP contribution is 2.17. The SMILES string of the molecule is O=C(O)CCCCOc1ccc(F)cc1F. The lowest BCUT2D eigenvalue weighted by Gasteiger charge is -2.06. The van der Waals surface area contributed by atoms with E-state index < -0.39 is 17.6 Å². The molecule has 0 saturated carbocycles. The number of carbonyl (C=O) groups is 1. The second kappa shape index (κ2) is 6.05. The fraction of sp³-hybridized carbons (Fsp3) is 0.364. The summed E-state index contributed by atoms with van der Waals surface area (Å²) >= 11 is 0. The van der Waals surface area contributed by atoms with Gasteiger partial charge >= 0.3 is 5.97 Å². The molecule has 0 aliphatic rings. The first-order chi connectivity index (χ1) is 7.59. The van der Waals surface area contributed by atoms with Gasteiger partial charge in [0.25, 0.3) is 0 Å². The number of carboxylic acid groups (broad SMARTS) is 1. The van der Waals surface area contributed by atoms with E-state index in [4.69, 9.17) is 9.84 Å². The number of rotatable bonds is 6. The molecule has 1 rings (SSSR count). The Labute approximate surface area is 91.7 Å². The molecule has 0 aliphatic carbocycles. The van der Waals surface area contributed by atoms with E-state index in [1.54, 1.807) is 0 Å². The third-order valence-electron chi connectivity index (χ3n) is 1.94. The molecule has 0 unspecified atom stereocenters. The number of benzene rings is 1. The Bertz CT molecular complexity index is 366. The van der Waals surface area contributed by atoms with Crippen molar-refractivity contribution < 1.29 is 23.4 Å². The van der Waals surface area contributed by atoms with Gasteiger partial charge in [-0.3, -0.25) is 4.79 Å². The second-order valence-corrected chi connectivity index (χ2v) is 3.27. The van der Waals surface area contributed by atoms with Crippen LogP contribution in [0.4, 0.5) is 8.78 Å². The van der Waals surface area contributed by atoms with Crippen LogP contribution in [0.25, 0.3) is 0 Å². The second-order valence-electron chi connectivity index (χ2n) is 3.27. The Balaban J connectivity index is 2.29. The van der Waals surface area contributed by atoms with Crippen LogP contribution in [-0.2, 0) is 4.79 Å². The summed E-state index contributed by atoms with van der Waals surface area (Å²) in [6, 6.07) is 3.06. The van der Waals surface area contributed by atoms with E-state index in [1.807, 2.05) is 0 Å². The van der Waals surface area contributed by atoms with E-state index in [0.29, 0.717) is 12.8 Å². The zero-order valence-corrected chi connectivity index (χ0v) is 8.58. The lowest BCUT2D eigenvalue weighted by Crippen LogP contribution is -2.01. The topological polar surface area (TPSA) is 46.5 Å². The van der Waals surface area contributed by atoms with Crippen molar-refractivity contribution in [2.45, 2.75) is 19.3 Å². The van der Waals surface area contributed by atoms with Crippen LogP contribution in [0.2, 0.25) is 0 Å². The average molecular weight is 230 g/mol. The molecule has 5 heteroatoms. The predicted octanol–water partition coefficient (Wildman–Crippen LogP) is 2.60. The van der Waals surface area contributed by atoms with Gasteiger partial charge in [-0.15, -0.1) is 0 Å². The Kier molecular flexibility index (Phi) is 4.69. The molecule has 0 aliphatic heterocycles. The molecule has 0 aromatic heterocycles. The van der Waals surface area contributed by atoms with Gasteiger partial charge in [0.15, 0.2) is 11.6 Å². The highest BCUT2D eigenvalue weighted by molar-refractivity contribution is 5.66. The summed E-state index contributed by atoms with van der Waals surface area (Å²) < 4.78 is 30.6. The van der Waals surface area contributed by atoms with Crippen molar-refractivity contribution in [1.29, 1.82) is 0 Å². The highest BCUT2D eigenvalue weighted by Gasteiger charge is 2.04. The van der Waals surface area contributed by atoms with Gasteiger partial charge < -0.3 is 9.84 Å². The first-order valence-electron chi connectivity index (χ1n) is 4.89. The number of ether oxygens (including phenoxy) is 1. The summed E-state index contributed by atoms with van der Waals surface area (Å²) in [5, 5.41) is 8.36. The molecule has 16 heavy (non-hydrogen) atoms. The molecule has 0 fully saturated rings. The third-order valence-corrected chi connectivity index (χ3v) is 1.94. The number of carboxylic acids is 1. The van der Waals surface area contributed by atoms with Crippen molar-refractivity contribution in [3.8, 4) is 5.75 Å². The summed E-state index contributed by atoms with van der Waals surface area (Å²) in [5.41, 5.74) is 0. The summed E-state index contributed by atoms with van der Waals surface area (Å²) in [6.45, 7) is 0.218. The van der Waals surface area contributed by atoms with E-state index in [9.17, 15) is 13.6 Å². The van der Waals surface area contributed by atoms with Crippen LogP contribution in [0.5, 0.6) is 5.75 Å². The molecule has 1 aromatic rings. The maximum Gasteiger partial charge on any atom is 0.303 e. The van der Waals surface area contributed by atoms with E-state index in [-0.39, 0.29) is 18.8 Å². The van der Waals surface area contributed by atoms with E-state index in [2.05, 4.69) is 0 Å². The molecule has 0 atom stereocenters. The fourth-order valence-corrected chi connectivity index (χ4v) is 1.15. The normalized spacial score (nSPS) is 10.1. The summed E-state index contributed by atoms with van der Waals surface area (Å²) in [7, 11) is 0. The monoisotopic (exact) mass is 230 g/mol. The minimum absolute atomic E-state index is 0.0169. The molecule has 1 aromatic carbocycles. The molecule has 0 saturated heterocycles. The first kappa shape index (κ1) is 12.4. The molecular formula is C11H12F2O3. The number of unbranched alkanes of at least 4 members (excludes halogenated alkanes) is 1. The Morgan fingerprint density at radius 2 is 2.06 bits per heavy atom. The molecule has 0 bridgehead atoms. The molecule has 1 N–H and O–H groups in total. The Morgan fingerprint density at radius 3 is 2.69 bits per heavy atom.